The summed E-state index contributed by atoms with van der Waals surface area (Å²) in [4.78, 5) is 0. The Morgan fingerprint density at radius 3 is 2.58 bits per heavy atom. The standard InChI is InChI=1S/C10H19NO/c1-10(4-6-11-7-5-10)12-8-9-2-3-9/h9,11H,2-8H2,1H3. The maximum Gasteiger partial charge on any atom is 0.0678 e. The second-order valence-electron chi connectivity index (χ2n) is 4.45. The Morgan fingerprint density at radius 2 is 2.00 bits per heavy atom. The SMILES string of the molecule is CC1(OCC2CC2)CCNCC1. The van der Waals surface area contributed by atoms with E-state index in [0.717, 1.165) is 25.6 Å². The highest BCUT2D eigenvalue weighted by atomic mass is 16.5. The molecule has 0 aromatic heterocycles. The predicted molar refractivity (Wildman–Crippen MR) is 49.2 cm³/mol. The summed E-state index contributed by atoms with van der Waals surface area (Å²) < 4.78 is 5.95. The van der Waals surface area contributed by atoms with Crippen molar-refractivity contribution in [1.82, 2.24) is 5.32 Å². The van der Waals surface area contributed by atoms with E-state index in [9.17, 15) is 0 Å². The lowest BCUT2D eigenvalue weighted by molar-refractivity contribution is -0.0561. The van der Waals surface area contributed by atoms with Crippen molar-refractivity contribution < 1.29 is 4.74 Å². The van der Waals surface area contributed by atoms with Crippen molar-refractivity contribution in [2.45, 2.75) is 38.2 Å². The lowest BCUT2D eigenvalue weighted by Gasteiger charge is -2.34. The third-order valence-electron chi connectivity index (χ3n) is 3.03. The maximum atomic E-state index is 5.95. The highest BCUT2D eigenvalue weighted by Crippen LogP contribution is 2.32. The summed E-state index contributed by atoms with van der Waals surface area (Å²) >= 11 is 0. The minimum Gasteiger partial charge on any atom is -0.375 e. The van der Waals surface area contributed by atoms with Crippen LogP contribution in [0.1, 0.15) is 32.6 Å². The van der Waals surface area contributed by atoms with E-state index in [1.165, 1.54) is 25.7 Å². The first kappa shape index (κ1) is 8.52. The van der Waals surface area contributed by atoms with Crippen LogP contribution in [0, 0.1) is 5.92 Å². The van der Waals surface area contributed by atoms with Gasteiger partial charge < -0.3 is 10.1 Å². The highest BCUT2D eigenvalue weighted by molar-refractivity contribution is 4.83. The average Bonchev–Trinajstić information content (AvgIpc) is 2.85. The van der Waals surface area contributed by atoms with Gasteiger partial charge in [-0.15, -0.1) is 0 Å². The summed E-state index contributed by atoms with van der Waals surface area (Å²) in [6, 6.07) is 0. The zero-order valence-corrected chi connectivity index (χ0v) is 7.94. The highest BCUT2D eigenvalue weighted by Gasteiger charge is 2.30. The summed E-state index contributed by atoms with van der Waals surface area (Å²) in [5.41, 5.74) is 0.188. The molecular formula is C10H19NO. The van der Waals surface area contributed by atoms with Crippen LogP contribution < -0.4 is 5.32 Å². The Bertz CT molecular complexity index is 148. The molecule has 1 aliphatic heterocycles. The van der Waals surface area contributed by atoms with Gasteiger partial charge in [0.2, 0.25) is 0 Å². The van der Waals surface area contributed by atoms with E-state index in [0.29, 0.717) is 0 Å². The fraction of sp³-hybridized carbons (Fsp3) is 1.00. The van der Waals surface area contributed by atoms with E-state index in [1.54, 1.807) is 0 Å². The topological polar surface area (TPSA) is 21.3 Å². The molecule has 2 heteroatoms. The molecule has 70 valence electrons. The summed E-state index contributed by atoms with van der Waals surface area (Å²) in [5.74, 6) is 0.900. The molecule has 0 radical (unpaired) electrons. The first-order valence-electron chi connectivity index (χ1n) is 5.13. The van der Waals surface area contributed by atoms with Gasteiger partial charge in [-0.25, -0.2) is 0 Å². The van der Waals surface area contributed by atoms with Gasteiger partial charge in [0.15, 0.2) is 0 Å². The predicted octanol–water partition coefficient (Wildman–Crippen LogP) is 1.56. The molecule has 2 nitrogen and oxygen atoms in total. The lowest BCUT2D eigenvalue weighted by Crippen LogP contribution is -2.42. The molecule has 12 heavy (non-hydrogen) atoms. The number of piperidine rings is 1. The lowest BCUT2D eigenvalue weighted by atomic mass is 9.94. The smallest absolute Gasteiger partial charge is 0.0678 e. The van der Waals surface area contributed by atoms with Gasteiger partial charge in [-0.2, -0.15) is 0 Å². The van der Waals surface area contributed by atoms with Crippen LogP contribution in [0.3, 0.4) is 0 Å². The summed E-state index contributed by atoms with van der Waals surface area (Å²) in [6.07, 6.45) is 5.15. The normalized spacial score (nSPS) is 28.8. The van der Waals surface area contributed by atoms with Crippen molar-refractivity contribution in [3.63, 3.8) is 0 Å². The molecule has 0 spiro atoms. The van der Waals surface area contributed by atoms with Crippen molar-refractivity contribution in [3.05, 3.63) is 0 Å². The number of ether oxygens (including phenoxy) is 1. The van der Waals surface area contributed by atoms with Crippen molar-refractivity contribution in [2.24, 2.45) is 5.92 Å². The number of rotatable bonds is 3. The van der Waals surface area contributed by atoms with Gasteiger partial charge in [0, 0.05) is 0 Å². The zero-order valence-electron chi connectivity index (χ0n) is 7.94. The number of hydrogen-bond donors (Lipinski definition) is 1. The molecule has 1 heterocycles. The molecule has 0 amide bonds. The molecule has 0 atom stereocenters. The van der Waals surface area contributed by atoms with Crippen LogP contribution in [-0.2, 0) is 4.74 Å². The van der Waals surface area contributed by atoms with Crippen LogP contribution in [0.15, 0.2) is 0 Å². The first-order valence-corrected chi connectivity index (χ1v) is 5.13. The van der Waals surface area contributed by atoms with Crippen LogP contribution in [0.4, 0.5) is 0 Å². The molecule has 1 aliphatic carbocycles. The molecule has 2 rings (SSSR count). The average molecular weight is 169 g/mol. The monoisotopic (exact) mass is 169 g/mol. The molecular weight excluding hydrogens is 150 g/mol. The summed E-state index contributed by atoms with van der Waals surface area (Å²) in [6.45, 7) is 5.52. The zero-order chi connectivity index (χ0) is 8.44. The molecule has 0 aromatic carbocycles. The Kier molecular flexibility index (Phi) is 2.37. The molecule has 2 fully saturated rings. The fourth-order valence-corrected chi connectivity index (χ4v) is 1.70. The van der Waals surface area contributed by atoms with E-state index in [-0.39, 0.29) is 5.60 Å². The van der Waals surface area contributed by atoms with E-state index in [2.05, 4.69) is 12.2 Å². The van der Waals surface area contributed by atoms with Crippen molar-refractivity contribution >= 4 is 0 Å². The molecule has 2 aliphatic rings. The van der Waals surface area contributed by atoms with E-state index < -0.39 is 0 Å². The fourth-order valence-electron chi connectivity index (χ4n) is 1.70. The van der Waals surface area contributed by atoms with Gasteiger partial charge in [0.1, 0.15) is 0 Å². The van der Waals surface area contributed by atoms with Crippen LogP contribution >= 0.6 is 0 Å². The van der Waals surface area contributed by atoms with Crippen molar-refractivity contribution in [1.29, 1.82) is 0 Å². The van der Waals surface area contributed by atoms with Gasteiger partial charge in [-0.1, -0.05) is 0 Å². The summed E-state index contributed by atoms with van der Waals surface area (Å²) in [7, 11) is 0. The molecule has 0 unspecified atom stereocenters. The van der Waals surface area contributed by atoms with Crippen LogP contribution in [0.25, 0.3) is 0 Å². The number of nitrogens with one attached hydrogen (secondary N) is 1. The van der Waals surface area contributed by atoms with E-state index >= 15 is 0 Å². The van der Waals surface area contributed by atoms with Crippen molar-refractivity contribution in [3.8, 4) is 0 Å². The van der Waals surface area contributed by atoms with E-state index in [4.69, 9.17) is 4.74 Å². The minimum atomic E-state index is 0.188. The molecule has 1 saturated heterocycles. The Balaban J connectivity index is 1.73. The van der Waals surface area contributed by atoms with Gasteiger partial charge in [0.25, 0.3) is 0 Å². The van der Waals surface area contributed by atoms with Crippen molar-refractivity contribution in [2.75, 3.05) is 19.7 Å². The molecule has 1 N–H and O–H groups in total. The quantitative estimate of drug-likeness (QED) is 0.692. The van der Waals surface area contributed by atoms with E-state index in [1.807, 2.05) is 0 Å². The number of hydrogen-bond acceptors (Lipinski definition) is 2. The second-order valence-corrected chi connectivity index (χ2v) is 4.45. The van der Waals surface area contributed by atoms with Crippen LogP contribution in [0.5, 0.6) is 0 Å². The van der Waals surface area contributed by atoms with Gasteiger partial charge in [-0.05, 0) is 51.6 Å². The third kappa shape index (κ3) is 2.20. The van der Waals surface area contributed by atoms with Crippen LogP contribution in [-0.4, -0.2) is 25.3 Å². The second kappa shape index (κ2) is 3.35. The molecule has 1 saturated carbocycles. The van der Waals surface area contributed by atoms with Gasteiger partial charge in [-0.3, -0.25) is 0 Å². The Morgan fingerprint density at radius 1 is 1.33 bits per heavy atom. The maximum absolute atomic E-state index is 5.95. The Hall–Kier alpha value is -0.0800. The third-order valence-corrected chi connectivity index (χ3v) is 3.03. The van der Waals surface area contributed by atoms with Gasteiger partial charge in [0.05, 0.1) is 12.2 Å². The molecule has 0 aromatic rings. The largest absolute Gasteiger partial charge is 0.375 e. The minimum absolute atomic E-state index is 0.188. The van der Waals surface area contributed by atoms with Crippen LogP contribution in [0.2, 0.25) is 0 Å². The Labute approximate surface area is 74.7 Å². The van der Waals surface area contributed by atoms with Gasteiger partial charge >= 0.3 is 0 Å². The first-order chi connectivity index (χ1) is 5.79. The summed E-state index contributed by atoms with van der Waals surface area (Å²) in [5, 5.41) is 3.36. The molecule has 0 bridgehead atoms.